The van der Waals surface area contributed by atoms with Crippen molar-refractivity contribution in [3.63, 3.8) is 0 Å². The van der Waals surface area contributed by atoms with Crippen molar-refractivity contribution in [2.75, 3.05) is 56.4 Å². The normalized spacial score (nSPS) is 29.5. The van der Waals surface area contributed by atoms with Crippen molar-refractivity contribution in [1.82, 2.24) is 14.7 Å². The molecule has 0 unspecified atom stereocenters. The Morgan fingerprint density at radius 1 is 0.545 bits per heavy atom. The van der Waals surface area contributed by atoms with Crippen LogP contribution in [0.15, 0.2) is 0 Å². The molecule has 0 amide bonds. The van der Waals surface area contributed by atoms with Crippen molar-refractivity contribution in [2.45, 2.75) is 13.0 Å². The van der Waals surface area contributed by atoms with Gasteiger partial charge >= 0.3 is 0 Å². The molecule has 3 heterocycles. The summed E-state index contributed by atoms with van der Waals surface area (Å²) in [6, 6.07) is 0. The van der Waals surface area contributed by atoms with E-state index in [2.05, 4.69) is 106 Å². The Bertz CT molecular complexity index is 291. The first kappa shape index (κ1) is 19.2. The van der Waals surface area contributed by atoms with Crippen molar-refractivity contribution < 1.29 is 0 Å². The maximum atomic E-state index is 2.45. The first-order valence-corrected chi connectivity index (χ1v) is 15.0. The molecule has 0 aromatic rings. The van der Waals surface area contributed by atoms with Crippen LogP contribution in [0.1, 0.15) is 0 Å². The standard InChI is InChI=1S/C12H24N3PS6/c1-13-4-17-10(18-5-13)16(11-19-6-14(2)7-20-11)12-21-8-15(3)9-22-12/h10-12H,4-9H2,1-3H3. The van der Waals surface area contributed by atoms with E-state index < -0.39 is 0 Å². The first-order valence-electron chi connectivity index (χ1n) is 7.16. The van der Waals surface area contributed by atoms with Crippen molar-refractivity contribution in [2.24, 2.45) is 0 Å². The van der Waals surface area contributed by atoms with Crippen molar-refractivity contribution >= 4 is 78.5 Å². The molecule has 3 fully saturated rings. The molecule has 0 radical (unpaired) electrons. The third-order valence-corrected chi connectivity index (χ3v) is 19.6. The van der Waals surface area contributed by atoms with Crippen LogP contribution < -0.4 is 0 Å². The molecule has 0 aliphatic carbocycles. The maximum absolute atomic E-state index is 2.45. The summed E-state index contributed by atoms with van der Waals surface area (Å²) in [6.07, 6.45) is 0. The minimum atomic E-state index is 0.0255. The third-order valence-electron chi connectivity index (χ3n) is 3.36. The number of hydrogen-bond donors (Lipinski definition) is 0. The molecule has 3 rings (SSSR count). The van der Waals surface area contributed by atoms with Gasteiger partial charge in [-0.2, -0.15) is 0 Å². The minimum absolute atomic E-state index is 0.0255. The quantitative estimate of drug-likeness (QED) is 0.597. The van der Waals surface area contributed by atoms with Crippen molar-refractivity contribution in [3.8, 4) is 0 Å². The molecule has 3 nitrogen and oxygen atoms in total. The van der Waals surface area contributed by atoms with Gasteiger partial charge in [-0.25, -0.2) is 0 Å². The Kier molecular flexibility index (Phi) is 8.17. The van der Waals surface area contributed by atoms with E-state index in [-0.39, 0.29) is 7.92 Å². The Labute approximate surface area is 161 Å². The second-order valence-electron chi connectivity index (χ2n) is 5.71. The van der Waals surface area contributed by atoms with Crippen LogP contribution in [0.4, 0.5) is 0 Å². The van der Waals surface area contributed by atoms with Gasteiger partial charge in [-0.15, -0.1) is 70.6 Å². The lowest BCUT2D eigenvalue weighted by Crippen LogP contribution is -2.31. The summed E-state index contributed by atoms with van der Waals surface area (Å²) in [6.45, 7) is 0. The lowest BCUT2D eigenvalue weighted by molar-refractivity contribution is 0.463. The van der Waals surface area contributed by atoms with Crippen LogP contribution in [0.5, 0.6) is 0 Å². The van der Waals surface area contributed by atoms with Gasteiger partial charge in [0.15, 0.2) is 0 Å². The Morgan fingerprint density at radius 3 is 1.00 bits per heavy atom. The van der Waals surface area contributed by atoms with Gasteiger partial charge in [-0.1, -0.05) is 0 Å². The Balaban J connectivity index is 1.67. The summed E-state index contributed by atoms with van der Waals surface area (Å²) in [4.78, 5) is 7.34. The summed E-state index contributed by atoms with van der Waals surface area (Å²) in [5.41, 5.74) is 0. The molecular weight excluding hydrogens is 410 g/mol. The van der Waals surface area contributed by atoms with Gasteiger partial charge in [0, 0.05) is 35.3 Å². The number of rotatable bonds is 3. The SMILES string of the molecule is CN1CSC(P(C2SCN(C)CS2)C2SCN(C)CS2)SC1. The zero-order valence-electron chi connectivity index (χ0n) is 13.2. The monoisotopic (exact) mass is 433 g/mol. The predicted molar refractivity (Wildman–Crippen MR) is 116 cm³/mol. The van der Waals surface area contributed by atoms with Crippen LogP contribution in [0.3, 0.4) is 0 Å². The van der Waals surface area contributed by atoms with Crippen LogP contribution in [0.2, 0.25) is 0 Å². The molecule has 0 aromatic carbocycles. The van der Waals surface area contributed by atoms with Gasteiger partial charge in [-0.05, 0) is 29.1 Å². The molecule has 10 heteroatoms. The van der Waals surface area contributed by atoms with Crippen LogP contribution in [-0.4, -0.2) is 84.1 Å². The maximum Gasteiger partial charge on any atom is 0.0759 e. The Morgan fingerprint density at radius 2 is 0.773 bits per heavy atom. The van der Waals surface area contributed by atoms with Gasteiger partial charge in [-0.3, -0.25) is 14.7 Å². The van der Waals surface area contributed by atoms with E-state index >= 15 is 0 Å². The van der Waals surface area contributed by atoms with E-state index in [4.69, 9.17) is 0 Å². The fraction of sp³-hybridized carbons (Fsp3) is 1.00. The molecule has 0 bridgehead atoms. The molecule has 128 valence electrons. The molecule has 22 heavy (non-hydrogen) atoms. The second-order valence-corrected chi connectivity index (χ2v) is 17.5. The predicted octanol–water partition coefficient (Wildman–Crippen LogP) is 4.30. The number of hydrogen-bond acceptors (Lipinski definition) is 9. The van der Waals surface area contributed by atoms with Gasteiger partial charge in [0.1, 0.15) is 0 Å². The highest BCUT2D eigenvalue weighted by Gasteiger charge is 2.41. The van der Waals surface area contributed by atoms with Crippen molar-refractivity contribution in [3.05, 3.63) is 0 Å². The molecule has 3 aliphatic heterocycles. The van der Waals surface area contributed by atoms with Crippen LogP contribution in [-0.2, 0) is 0 Å². The lowest BCUT2D eigenvalue weighted by Gasteiger charge is -2.44. The zero-order chi connectivity index (χ0) is 15.5. The average molecular weight is 434 g/mol. The number of thioether (sulfide) groups is 6. The average Bonchev–Trinajstić information content (AvgIpc) is 2.53. The zero-order valence-corrected chi connectivity index (χ0v) is 19.0. The smallest absolute Gasteiger partial charge is 0.0759 e. The molecule has 3 saturated heterocycles. The summed E-state index contributed by atoms with van der Waals surface area (Å²) < 4.78 is 2.48. The highest BCUT2D eigenvalue weighted by Crippen LogP contribution is 2.71. The van der Waals surface area contributed by atoms with E-state index in [9.17, 15) is 0 Å². The van der Waals surface area contributed by atoms with Crippen LogP contribution in [0, 0.1) is 0 Å². The molecule has 0 aromatic heterocycles. The van der Waals surface area contributed by atoms with E-state index in [0.717, 1.165) is 13.0 Å². The van der Waals surface area contributed by atoms with E-state index in [0.29, 0.717) is 0 Å². The minimum Gasteiger partial charge on any atom is -0.288 e. The highest BCUT2D eigenvalue weighted by atomic mass is 32.2. The Hall–Kier alpha value is 2.41. The summed E-state index contributed by atoms with van der Waals surface area (Å²) in [7, 11) is 6.77. The van der Waals surface area contributed by atoms with Gasteiger partial charge in [0.2, 0.25) is 0 Å². The fourth-order valence-electron chi connectivity index (χ4n) is 2.22. The third kappa shape index (κ3) is 5.21. The van der Waals surface area contributed by atoms with Gasteiger partial charge in [0.25, 0.3) is 0 Å². The second kappa shape index (κ2) is 9.38. The van der Waals surface area contributed by atoms with Crippen LogP contribution >= 0.6 is 78.5 Å². The molecule has 0 saturated carbocycles. The molecular formula is C12H24N3PS6. The molecule has 0 spiro atoms. The van der Waals surface area contributed by atoms with E-state index in [1.54, 1.807) is 0 Å². The van der Waals surface area contributed by atoms with Crippen LogP contribution in [0.25, 0.3) is 0 Å². The van der Waals surface area contributed by atoms with Gasteiger partial charge in [0.05, 0.1) is 13.0 Å². The largest absolute Gasteiger partial charge is 0.288 e. The summed E-state index contributed by atoms with van der Waals surface area (Å²) in [5, 5.41) is 0. The number of nitrogens with zero attached hydrogens (tertiary/aromatic N) is 3. The summed E-state index contributed by atoms with van der Waals surface area (Å²) >= 11 is 13.2. The molecule has 0 N–H and O–H groups in total. The fourth-order valence-corrected chi connectivity index (χ4v) is 20.7. The topological polar surface area (TPSA) is 9.72 Å². The van der Waals surface area contributed by atoms with E-state index in [1.807, 2.05) is 0 Å². The van der Waals surface area contributed by atoms with Crippen molar-refractivity contribution in [1.29, 1.82) is 0 Å². The molecule has 0 atom stereocenters. The highest BCUT2D eigenvalue weighted by molar-refractivity contribution is 8.36. The van der Waals surface area contributed by atoms with E-state index in [1.165, 1.54) is 35.3 Å². The lowest BCUT2D eigenvalue weighted by atomic mass is 11.0. The van der Waals surface area contributed by atoms with Gasteiger partial charge < -0.3 is 0 Å². The first-order chi connectivity index (χ1) is 10.6. The summed E-state index contributed by atoms with van der Waals surface area (Å²) in [5.74, 6) is 7.25. The molecule has 3 aliphatic rings.